The Labute approximate surface area is 179 Å². The molecule has 1 saturated carbocycles. The molecule has 0 radical (unpaired) electrons. The summed E-state index contributed by atoms with van der Waals surface area (Å²) in [5.74, 6) is 0.322. The Morgan fingerprint density at radius 3 is 2.21 bits per heavy atom. The fourth-order valence-corrected chi connectivity index (χ4v) is 4.27. The van der Waals surface area contributed by atoms with E-state index in [2.05, 4.69) is 58.4 Å². The highest BCUT2D eigenvalue weighted by Crippen LogP contribution is 2.33. The lowest BCUT2D eigenvalue weighted by Gasteiger charge is -2.47. The lowest BCUT2D eigenvalue weighted by atomic mass is 9.85. The molecular weight excluding hydrogens is 364 g/mol. The fourth-order valence-electron chi connectivity index (χ4n) is 4.27. The molecule has 1 saturated heterocycles. The van der Waals surface area contributed by atoms with Crippen molar-refractivity contribution in [1.29, 1.82) is 0 Å². The third kappa shape index (κ3) is 8.18. The monoisotopic (exact) mass is 410 g/mol. The second-order valence-corrected chi connectivity index (χ2v) is 10.7. The number of hydrogen-bond acceptors (Lipinski definition) is 4. The maximum Gasteiger partial charge on any atom is 0.222 e. The molecule has 0 aromatic rings. The molecule has 0 bridgehead atoms. The molecule has 0 aromatic carbocycles. The van der Waals surface area contributed by atoms with Crippen molar-refractivity contribution in [1.82, 2.24) is 9.80 Å². The van der Waals surface area contributed by atoms with E-state index in [0.717, 1.165) is 64.6 Å². The van der Waals surface area contributed by atoms with Crippen LogP contribution in [0.2, 0.25) is 0 Å². The molecule has 0 N–H and O–H groups in total. The van der Waals surface area contributed by atoms with Crippen molar-refractivity contribution in [2.45, 2.75) is 122 Å². The van der Waals surface area contributed by atoms with Gasteiger partial charge in [0.25, 0.3) is 0 Å². The smallest absolute Gasteiger partial charge is 0.222 e. The van der Waals surface area contributed by atoms with Crippen molar-refractivity contribution in [3.05, 3.63) is 0 Å². The average molecular weight is 411 g/mol. The van der Waals surface area contributed by atoms with Gasteiger partial charge >= 0.3 is 0 Å². The lowest BCUT2D eigenvalue weighted by molar-refractivity contribution is -0.134. The molecule has 0 spiro atoms. The summed E-state index contributed by atoms with van der Waals surface area (Å²) in [7, 11) is 2.26. The van der Waals surface area contributed by atoms with Crippen LogP contribution in [0.5, 0.6) is 0 Å². The van der Waals surface area contributed by atoms with Gasteiger partial charge in [-0.2, -0.15) is 0 Å². The zero-order valence-corrected chi connectivity index (χ0v) is 20.1. The van der Waals surface area contributed by atoms with Crippen LogP contribution < -0.4 is 0 Å². The van der Waals surface area contributed by atoms with Gasteiger partial charge in [0, 0.05) is 38.2 Å². The molecule has 2 aliphatic rings. The Morgan fingerprint density at radius 1 is 1.03 bits per heavy atom. The molecule has 1 heterocycles. The van der Waals surface area contributed by atoms with Gasteiger partial charge in [0.1, 0.15) is 0 Å². The fraction of sp³-hybridized carbons (Fsp3) is 0.958. The van der Waals surface area contributed by atoms with Crippen LogP contribution in [0.4, 0.5) is 0 Å². The number of hydrogen-bond donors (Lipinski definition) is 0. The van der Waals surface area contributed by atoms with Gasteiger partial charge in [-0.05, 0) is 86.6 Å². The number of amides is 1. The number of rotatable bonds is 10. The van der Waals surface area contributed by atoms with E-state index in [9.17, 15) is 4.79 Å². The minimum Gasteiger partial charge on any atom is -0.376 e. The first kappa shape index (κ1) is 24.6. The molecule has 5 nitrogen and oxygen atoms in total. The number of ether oxygens (including phenoxy) is 2. The highest BCUT2D eigenvalue weighted by Gasteiger charge is 2.38. The molecule has 0 aromatic heterocycles. The second kappa shape index (κ2) is 10.6. The van der Waals surface area contributed by atoms with E-state index in [1.807, 2.05) is 0 Å². The highest BCUT2D eigenvalue weighted by molar-refractivity contribution is 5.76. The largest absolute Gasteiger partial charge is 0.376 e. The van der Waals surface area contributed by atoms with Crippen LogP contribution in [0.25, 0.3) is 0 Å². The van der Waals surface area contributed by atoms with Gasteiger partial charge in [-0.25, -0.2) is 0 Å². The van der Waals surface area contributed by atoms with E-state index in [4.69, 9.17) is 9.47 Å². The van der Waals surface area contributed by atoms with Crippen LogP contribution >= 0.6 is 0 Å². The SMILES string of the molecule is CCC(C)(C)OCCCCC(=O)N1CCC(N(C)C2CC(OC(C)(C)C)C2)CC1. The molecule has 2 rings (SSSR count). The molecule has 5 heteroatoms. The van der Waals surface area contributed by atoms with Crippen LogP contribution in [0.3, 0.4) is 0 Å². The molecule has 2 fully saturated rings. The predicted octanol–water partition coefficient (Wildman–Crippen LogP) is 4.63. The Morgan fingerprint density at radius 2 is 1.66 bits per heavy atom. The van der Waals surface area contributed by atoms with Gasteiger partial charge in [-0.15, -0.1) is 0 Å². The van der Waals surface area contributed by atoms with Crippen molar-refractivity contribution >= 4 is 5.91 Å². The molecule has 1 aliphatic heterocycles. The first-order valence-electron chi connectivity index (χ1n) is 11.8. The quantitative estimate of drug-likeness (QED) is 0.492. The zero-order valence-electron chi connectivity index (χ0n) is 20.1. The van der Waals surface area contributed by atoms with Gasteiger partial charge in [-0.3, -0.25) is 4.79 Å². The maximum absolute atomic E-state index is 12.5. The summed E-state index contributed by atoms with van der Waals surface area (Å²) in [6.45, 7) is 15.4. The molecule has 1 amide bonds. The summed E-state index contributed by atoms with van der Waals surface area (Å²) in [5, 5.41) is 0. The molecule has 170 valence electrons. The third-order valence-electron chi connectivity index (χ3n) is 6.69. The Hall–Kier alpha value is -0.650. The first-order chi connectivity index (χ1) is 13.5. The summed E-state index contributed by atoms with van der Waals surface area (Å²) < 4.78 is 12.0. The minimum atomic E-state index is -0.0444. The lowest BCUT2D eigenvalue weighted by Crippen LogP contribution is -2.54. The van der Waals surface area contributed by atoms with E-state index >= 15 is 0 Å². The van der Waals surface area contributed by atoms with Gasteiger partial charge in [0.2, 0.25) is 5.91 Å². The summed E-state index contributed by atoms with van der Waals surface area (Å²) in [5.41, 5.74) is -0.0878. The second-order valence-electron chi connectivity index (χ2n) is 10.7. The van der Waals surface area contributed by atoms with Crippen molar-refractivity contribution in [3.63, 3.8) is 0 Å². The zero-order chi connectivity index (χ0) is 21.7. The summed E-state index contributed by atoms with van der Waals surface area (Å²) in [4.78, 5) is 17.2. The topological polar surface area (TPSA) is 42.0 Å². The summed E-state index contributed by atoms with van der Waals surface area (Å²) in [6, 6.07) is 1.24. The van der Waals surface area contributed by atoms with E-state index < -0.39 is 0 Å². The number of piperidine rings is 1. The van der Waals surface area contributed by atoms with Crippen molar-refractivity contribution in [3.8, 4) is 0 Å². The van der Waals surface area contributed by atoms with Crippen LogP contribution in [-0.2, 0) is 14.3 Å². The standard InChI is InChI=1S/C24H46N2O3/c1-8-24(5,6)28-16-10-9-11-22(27)26-14-12-19(13-15-26)25(7)20-17-21(18-20)29-23(2,3)4/h19-21H,8-18H2,1-7H3. The van der Waals surface area contributed by atoms with Crippen LogP contribution in [-0.4, -0.2) is 71.8 Å². The first-order valence-corrected chi connectivity index (χ1v) is 11.8. The molecular formula is C24H46N2O3. The Kier molecular flexibility index (Phi) is 8.99. The molecule has 0 unspecified atom stereocenters. The number of carbonyl (C=O) groups excluding carboxylic acids is 1. The van der Waals surface area contributed by atoms with Crippen LogP contribution in [0, 0.1) is 0 Å². The Balaban J connectivity index is 1.59. The van der Waals surface area contributed by atoms with Crippen molar-refractivity contribution in [2.24, 2.45) is 0 Å². The number of carbonyl (C=O) groups is 1. The Bertz CT molecular complexity index is 501. The minimum absolute atomic E-state index is 0.0434. The van der Waals surface area contributed by atoms with Crippen LogP contribution in [0.1, 0.15) is 92.9 Å². The van der Waals surface area contributed by atoms with Gasteiger partial charge in [0.15, 0.2) is 0 Å². The van der Waals surface area contributed by atoms with Crippen LogP contribution in [0.15, 0.2) is 0 Å². The normalized spacial score (nSPS) is 24.1. The summed E-state index contributed by atoms with van der Waals surface area (Å²) in [6.07, 6.45) is 8.45. The summed E-state index contributed by atoms with van der Waals surface area (Å²) >= 11 is 0. The van der Waals surface area contributed by atoms with E-state index in [0.29, 0.717) is 30.5 Å². The van der Waals surface area contributed by atoms with E-state index in [1.165, 1.54) is 0 Å². The number of likely N-dealkylation sites (tertiary alicyclic amines) is 1. The molecule has 29 heavy (non-hydrogen) atoms. The molecule has 0 atom stereocenters. The third-order valence-corrected chi connectivity index (χ3v) is 6.69. The van der Waals surface area contributed by atoms with Crippen molar-refractivity contribution < 1.29 is 14.3 Å². The number of unbranched alkanes of at least 4 members (excludes halogenated alkanes) is 1. The van der Waals surface area contributed by atoms with Gasteiger partial charge < -0.3 is 19.3 Å². The van der Waals surface area contributed by atoms with E-state index in [1.54, 1.807) is 0 Å². The maximum atomic E-state index is 12.5. The number of nitrogens with zero attached hydrogens (tertiary/aromatic N) is 2. The van der Waals surface area contributed by atoms with E-state index in [-0.39, 0.29) is 11.2 Å². The van der Waals surface area contributed by atoms with Crippen molar-refractivity contribution in [2.75, 3.05) is 26.7 Å². The highest BCUT2D eigenvalue weighted by atomic mass is 16.5. The predicted molar refractivity (Wildman–Crippen MR) is 119 cm³/mol. The molecule has 1 aliphatic carbocycles. The average Bonchev–Trinajstić information content (AvgIpc) is 2.62. The van der Waals surface area contributed by atoms with Gasteiger partial charge in [-0.1, -0.05) is 6.92 Å². The van der Waals surface area contributed by atoms with Gasteiger partial charge in [0.05, 0.1) is 17.3 Å².